The fourth-order valence-corrected chi connectivity index (χ4v) is 9.75. The molecule has 0 aliphatic heterocycles. The van der Waals surface area contributed by atoms with E-state index in [0.29, 0.717) is 77.4 Å². The van der Waals surface area contributed by atoms with Gasteiger partial charge in [-0.3, -0.25) is 53.5 Å². The van der Waals surface area contributed by atoms with Crippen LogP contribution in [0, 0.1) is 17.2 Å². The molecule has 0 aliphatic carbocycles. The van der Waals surface area contributed by atoms with E-state index in [9.17, 15) is 58.2 Å². The Kier molecular flexibility index (Phi) is 46.7. The average Bonchev–Trinajstić information content (AvgIpc) is 3.66. The molecule has 0 saturated heterocycles. The topological polar surface area (TPSA) is 396 Å². The van der Waals surface area contributed by atoms with Crippen molar-refractivity contribution >= 4 is 64.5 Å². The third-order valence-corrected chi connectivity index (χ3v) is 14.7. The Balaban J connectivity index is 2.29. The van der Waals surface area contributed by atoms with Gasteiger partial charge < -0.3 is 67.0 Å². The molecule has 0 radical (unpaired) electrons. The molecule has 1 rings (SSSR count). The minimum Gasteiger partial charge on any atom is -0.508 e. The monoisotopic (exact) mass is 1260 g/mol. The number of carboxylic acid groups (broad SMARTS) is 2. The SMILES string of the molecule is CC(C)CC(=O)CN[C@@H](CCCCNC(=O)COCCOCCCC(=O)COCCOCCNC(=O)CC[C@H](NC(=O)CCCCCCCCCCCCCC(=O)O)C(=O)O)C(=O)CN(C)[C@@H](CCCCC(=N)N)C(=O)C[C@@H](Cc1ccc(O)cc1)C(N)=O. The molecule has 12 N–H and O–H groups in total. The Labute approximate surface area is 526 Å². The van der Waals surface area contributed by atoms with Crippen LogP contribution in [0.3, 0.4) is 0 Å². The number of hydrogen-bond donors (Lipinski definition) is 10. The van der Waals surface area contributed by atoms with Crippen molar-refractivity contribution in [1.82, 2.24) is 26.2 Å². The number of nitrogens with two attached hydrogens (primary N) is 2. The fourth-order valence-electron chi connectivity index (χ4n) is 9.75. The summed E-state index contributed by atoms with van der Waals surface area (Å²) >= 11 is 0. The highest BCUT2D eigenvalue weighted by Gasteiger charge is 2.31. The van der Waals surface area contributed by atoms with Gasteiger partial charge in [-0.05, 0) is 94.9 Å². The Hall–Kier alpha value is -6.25. The molecule has 1 aromatic rings. The number of carboxylic acids is 2. The number of primary amides is 1. The molecule has 4 amide bonds. The second kappa shape index (κ2) is 51.5. The van der Waals surface area contributed by atoms with Crippen LogP contribution in [-0.4, -0.2) is 189 Å². The highest BCUT2D eigenvalue weighted by atomic mass is 16.5. The Morgan fingerprint density at radius 3 is 1.73 bits per heavy atom. The number of aliphatic carboxylic acids is 2. The van der Waals surface area contributed by atoms with Gasteiger partial charge in [-0.15, -0.1) is 0 Å². The molecule has 506 valence electrons. The van der Waals surface area contributed by atoms with Gasteiger partial charge in [0.15, 0.2) is 17.3 Å². The number of amidine groups is 1. The van der Waals surface area contributed by atoms with Crippen LogP contribution in [0.2, 0.25) is 0 Å². The van der Waals surface area contributed by atoms with Crippen LogP contribution in [0.15, 0.2) is 24.3 Å². The number of Topliss-reactive ketones (excluding diaryl/α,β-unsaturated/α-hetero) is 4. The number of carbonyl (C=O) groups excluding carboxylic acids is 8. The number of amides is 4. The first kappa shape index (κ1) is 80.8. The summed E-state index contributed by atoms with van der Waals surface area (Å²) < 4.78 is 21.8. The molecule has 0 aliphatic rings. The zero-order chi connectivity index (χ0) is 66.0. The van der Waals surface area contributed by atoms with Crippen molar-refractivity contribution in [3.8, 4) is 5.75 Å². The molecule has 0 aromatic heterocycles. The largest absolute Gasteiger partial charge is 0.508 e. The number of nitrogens with one attached hydrogen (secondary N) is 5. The van der Waals surface area contributed by atoms with Crippen molar-refractivity contribution < 1.29 is 82.2 Å². The van der Waals surface area contributed by atoms with Gasteiger partial charge in [-0.1, -0.05) is 90.2 Å². The van der Waals surface area contributed by atoms with E-state index in [4.69, 9.17) is 40.9 Å². The van der Waals surface area contributed by atoms with Crippen molar-refractivity contribution in [3.63, 3.8) is 0 Å². The van der Waals surface area contributed by atoms with E-state index in [0.717, 1.165) is 69.8 Å². The first-order chi connectivity index (χ1) is 42.6. The minimum atomic E-state index is -1.21. The molecule has 1 aromatic carbocycles. The zero-order valence-corrected chi connectivity index (χ0v) is 53.4. The predicted molar refractivity (Wildman–Crippen MR) is 336 cm³/mol. The van der Waals surface area contributed by atoms with Crippen molar-refractivity contribution in [1.29, 1.82) is 5.41 Å². The molecule has 0 fully saturated rings. The van der Waals surface area contributed by atoms with Gasteiger partial charge in [-0.25, -0.2) is 4.79 Å². The van der Waals surface area contributed by atoms with E-state index in [2.05, 4.69) is 21.3 Å². The number of nitrogens with zero attached hydrogens (tertiary/aromatic N) is 1. The van der Waals surface area contributed by atoms with Gasteiger partial charge >= 0.3 is 11.9 Å². The quantitative estimate of drug-likeness (QED) is 0.0226. The van der Waals surface area contributed by atoms with Crippen LogP contribution in [0.25, 0.3) is 0 Å². The molecule has 25 heteroatoms. The van der Waals surface area contributed by atoms with Crippen molar-refractivity contribution in [2.45, 2.75) is 205 Å². The zero-order valence-electron chi connectivity index (χ0n) is 53.4. The van der Waals surface area contributed by atoms with Gasteiger partial charge in [0, 0.05) is 70.6 Å². The van der Waals surface area contributed by atoms with Gasteiger partial charge in [0.05, 0.1) is 64.0 Å². The number of phenols is 1. The summed E-state index contributed by atoms with van der Waals surface area (Å²) in [6.07, 6.45) is 15.4. The van der Waals surface area contributed by atoms with Crippen molar-refractivity contribution in [2.24, 2.45) is 23.3 Å². The van der Waals surface area contributed by atoms with E-state index in [1.807, 2.05) is 13.8 Å². The Bertz CT molecular complexity index is 2240. The summed E-state index contributed by atoms with van der Waals surface area (Å²) in [5.41, 5.74) is 12.0. The molecule has 0 spiro atoms. The van der Waals surface area contributed by atoms with Crippen LogP contribution in [0.4, 0.5) is 0 Å². The second-order valence-corrected chi connectivity index (χ2v) is 23.3. The minimum absolute atomic E-state index is 0.0112. The first-order valence-electron chi connectivity index (χ1n) is 32.1. The van der Waals surface area contributed by atoms with Crippen LogP contribution in [0.1, 0.15) is 186 Å². The molecular weight excluding hydrogens is 1150 g/mol. The summed E-state index contributed by atoms with van der Waals surface area (Å²) in [6, 6.07) is 3.65. The molecule has 4 atom stereocenters. The number of likely N-dealkylation sites (N-methyl/N-ethyl adjacent to an activating group) is 1. The highest BCUT2D eigenvalue weighted by molar-refractivity contribution is 5.91. The van der Waals surface area contributed by atoms with Gasteiger partial charge in [0.1, 0.15) is 30.8 Å². The van der Waals surface area contributed by atoms with Crippen LogP contribution in [0.5, 0.6) is 5.75 Å². The first-order valence-corrected chi connectivity index (χ1v) is 32.1. The number of benzene rings is 1. The van der Waals surface area contributed by atoms with E-state index in [-0.39, 0.29) is 169 Å². The van der Waals surface area contributed by atoms with E-state index in [1.165, 1.54) is 12.1 Å². The summed E-state index contributed by atoms with van der Waals surface area (Å²) in [7, 11) is 1.67. The number of ether oxygens (including phenoxy) is 4. The Morgan fingerprint density at radius 2 is 1.12 bits per heavy atom. The summed E-state index contributed by atoms with van der Waals surface area (Å²) in [6.45, 7) is 5.12. The van der Waals surface area contributed by atoms with Gasteiger partial charge in [0.25, 0.3) is 0 Å². The summed E-state index contributed by atoms with van der Waals surface area (Å²) in [4.78, 5) is 126. The average molecular weight is 1260 g/mol. The van der Waals surface area contributed by atoms with Crippen LogP contribution >= 0.6 is 0 Å². The number of carbonyl (C=O) groups is 10. The lowest BCUT2D eigenvalue weighted by Gasteiger charge is -2.29. The smallest absolute Gasteiger partial charge is 0.326 e. The van der Waals surface area contributed by atoms with Crippen LogP contribution < -0.4 is 32.7 Å². The van der Waals surface area contributed by atoms with E-state index in [1.54, 1.807) is 24.1 Å². The van der Waals surface area contributed by atoms with Gasteiger partial charge in [0.2, 0.25) is 23.6 Å². The molecule has 0 saturated carbocycles. The van der Waals surface area contributed by atoms with E-state index >= 15 is 0 Å². The summed E-state index contributed by atoms with van der Waals surface area (Å²) in [5, 5.41) is 46.7. The maximum atomic E-state index is 13.9. The lowest BCUT2D eigenvalue weighted by atomic mass is 9.89. The fraction of sp³-hybridized carbons (Fsp3) is 0.734. The number of ketones is 4. The molecular formula is C64H108N8O17. The lowest BCUT2D eigenvalue weighted by Crippen LogP contribution is -2.48. The number of phenolic OH excluding ortho intramolecular Hbond substituents is 1. The number of aromatic hydroxyl groups is 1. The maximum absolute atomic E-state index is 13.9. The number of hydrogen-bond acceptors (Lipinski definition) is 18. The summed E-state index contributed by atoms with van der Waals surface area (Å²) in [5.74, 6) is -4.93. The lowest BCUT2D eigenvalue weighted by molar-refractivity contribution is -0.142. The molecule has 0 bridgehead atoms. The van der Waals surface area contributed by atoms with E-state index < -0.39 is 41.9 Å². The standard InChI is InChI=1S/C64H108N8O17/c1-47(2)40-52(75)43-70-53(57(77)44-72(3)55(22-15-16-23-58(65)66)56(76)42-49(63(67)83)41-48-26-28-50(73)29-27-48)21-17-18-32-68-61(80)46-89-39-36-86-34-19-20-51(74)45-88-38-37-87-35-33-69-59(78)31-30-54(64(84)85)71-60(79)24-13-11-9-7-5-4-6-8-10-12-14-25-62(81)82/h26-29,47,49,53-55,70,73H,4-25,30-46H2,1-3H3,(H3,65,66)(H2,67,83)(H,68,80)(H,69,78)(H,71,79)(H,81,82)(H,84,85)/t49-,53+,54+,55+/m1/s1. The van der Waals surface area contributed by atoms with Crippen molar-refractivity contribution in [2.75, 3.05) is 86.1 Å². The predicted octanol–water partition coefficient (Wildman–Crippen LogP) is 5.26. The number of rotatable bonds is 61. The number of unbranched alkanes of at least 4 members (excludes halogenated alkanes) is 12. The second-order valence-electron chi connectivity index (χ2n) is 23.3. The molecule has 89 heavy (non-hydrogen) atoms. The Morgan fingerprint density at radius 1 is 0.551 bits per heavy atom. The molecule has 25 nitrogen and oxygen atoms in total. The molecule has 0 unspecified atom stereocenters. The van der Waals surface area contributed by atoms with Gasteiger partial charge in [-0.2, -0.15) is 0 Å². The van der Waals surface area contributed by atoms with Crippen molar-refractivity contribution in [3.05, 3.63) is 29.8 Å². The normalized spacial score (nSPS) is 12.7. The third-order valence-electron chi connectivity index (χ3n) is 14.7. The molecule has 0 heterocycles. The van der Waals surface area contributed by atoms with Crippen LogP contribution in [-0.2, 0) is 73.3 Å². The maximum Gasteiger partial charge on any atom is 0.326 e. The third kappa shape index (κ3) is 45.6. The highest BCUT2D eigenvalue weighted by Crippen LogP contribution is 2.21.